The van der Waals surface area contributed by atoms with Crippen molar-refractivity contribution in [1.82, 2.24) is 4.90 Å². The summed E-state index contributed by atoms with van der Waals surface area (Å²) in [6.07, 6.45) is 3.04. The first-order valence-electron chi connectivity index (χ1n) is 12.1. The summed E-state index contributed by atoms with van der Waals surface area (Å²) in [5.74, 6) is 0.235. The van der Waals surface area contributed by atoms with Gasteiger partial charge in [-0.1, -0.05) is 44.2 Å². The van der Waals surface area contributed by atoms with Crippen molar-refractivity contribution in [2.45, 2.75) is 45.1 Å². The van der Waals surface area contributed by atoms with E-state index in [0.717, 1.165) is 56.8 Å². The van der Waals surface area contributed by atoms with Crippen molar-refractivity contribution in [3.05, 3.63) is 59.7 Å². The summed E-state index contributed by atoms with van der Waals surface area (Å²) < 4.78 is 0. The number of para-hydroxylation sites is 1. The molecule has 1 N–H and O–H groups in total. The molecule has 172 valence electrons. The molecule has 1 atom stereocenters. The minimum atomic E-state index is -0.789. The molecule has 2 aliphatic heterocycles. The Labute approximate surface area is 192 Å². The molecule has 2 saturated heterocycles. The lowest BCUT2D eigenvalue weighted by atomic mass is 9.88. The van der Waals surface area contributed by atoms with Crippen molar-refractivity contribution in [3.8, 4) is 0 Å². The van der Waals surface area contributed by atoms with Crippen molar-refractivity contribution in [3.63, 3.8) is 0 Å². The Morgan fingerprint density at radius 3 is 2.25 bits per heavy atom. The summed E-state index contributed by atoms with van der Waals surface area (Å²) in [5.41, 5.74) is 3.64. The lowest BCUT2D eigenvalue weighted by molar-refractivity contribution is -0.120. The molecule has 2 aromatic carbocycles. The van der Waals surface area contributed by atoms with Gasteiger partial charge in [-0.15, -0.1) is 0 Å². The lowest BCUT2D eigenvalue weighted by Gasteiger charge is -2.35. The van der Waals surface area contributed by atoms with Gasteiger partial charge in [0.15, 0.2) is 0 Å². The number of hydrogen-bond acceptors (Lipinski definition) is 4. The molecule has 4 rings (SSSR count). The van der Waals surface area contributed by atoms with Crippen LogP contribution in [-0.4, -0.2) is 55.7 Å². The second-order valence-corrected chi connectivity index (χ2v) is 9.38. The van der Waals surface area contributed by atoms with Crippen LogP contribution in [0.3, 0.4) is 0 Å². The molecule has 0 radical (unpaired) electrons. The fraction of sp³-hybridized carbons (Fsp3) is 0.519. The first-order valence-corrected chi connectivity index (χ1v) is 12.1. The molecule has 2 aromatic rings. The van der Waals surface area contributed by atoms with E-state index < -0.39 is 5.60 Å². The predicted molar refractivity (Wildman–Crippen MR) is 131 cm³/mol. The number of nitrogens with zero attached hydrogens (tertiary/aromatic N) is 3. The first-order chi connectivity index (χ1) is 15.4. The molecular weight excluding hydrogens is 398 g/mol. The first kappa shape index (κ1) is 22.8. The maximum absolute atomic E-state index is 13.3. The van der Waals surface area contributed by atoms with E-state index in [4.69, 9.17) is 0 Å². The SMILES string of the molecule is CCC(O)(CC)c1ccc(N2CC[C@H](Cc3ccccc3N3CCN(C)CC3)C2=O)cc1. The highest BCUT2D eigenvalue weighted by Gasteiger charge is 2.34. The minimum Gasteiger partial charge on any atom is -0.385 e. The van der Waals surface area contributed by atoms with Gasteiger partial charge in [0.25, 0.3) is 0 Å². The summed E-state index contributed by atoms with van der Waals surface area (Å²) in [6.45, 7) is 8.99. The number of aliphatic hydroxyl groups is 1. The van der Waals surface area contributed by atoms with Gasteiger partial charge in [-0.3, -0.25) is 4.79 Å². The average molecular weight is 436 g/mol. The molecule has 2 heterocycles. The Balaban J connectivity index is 1.46. The van der Waals surface area contributed by atoms with E-state index in [1.165, 1.54) is 11.3 Å². The zero-order valence-electron chi connectivity index (χ0n) is 19.8. The lowest BCUT2D eigenvalue weighted by Crippen LogP contribution is -2.44. The molecule has 0 unspecified atom stereocenters. The highest BCUT2D eigenvalue weighted by molar-refractivity contribution is 5.97. The number of likely N-dealkylation sites (N-methyl/N-ethyl adjacent to an activating group) is 1. The maximum Gasteiger partial charge on any atom is 0.230 e. The highest BCUT2D eigenvalue weighted by Crippen LogP contribution is 2.33. The van der Waals surface area contributed by atoms with Crippen LogP contribution in [0.2, 0.25) is 0 Å². The maximum atomic E-state index is 13.3. The summed E-state index contributed by atoms with van der Waals surface area (Å²) in [7, 11) is 2.17. The van der Waals surface area contributed by atoms with Gasteiger partial charge in [0.05, 0.1) is 5.60 Å². The molecule has 0 spiro atoms. The standard InChI is InChI=1S/C27H37N3O2/c1-4-27(32,5-2)23-10-12-24(13-11-23)30-15-14-22(26(30)31)20-21-8-6-7-9-25(21)29-18-16-28(3)17-19-29/h6-13,22,32H,4-5,14-20H2,1-3H3/t22-/m1/s1. The van der Waals surface area contributed by atoms with E-state index in [0.29, 0.717) is 12.8 Å². The minimum absolute atomic E-state index is 0.0199. The van der Waals surface area contributed by atoms with Gasteiger partial charge < -0.3 is 19.8 Å². The number of carbonyl (C=O) groups is 1. The molecule has 2 fully saturated rings. The van der Waals surface area contributed by atoms with Crippen molar-refractivity contribution in [2.75, 3.05) is 49.6 Å². The number of anilines is 2. The Kier molecular flexibility index (Phi) is 6.87. The van der Waals surface area contributed by atoms with Crippen LogP contribution < -0.4 is 9.80 Å². The normalized spacial score (nSPS) is 20.2. The summed E-state index contributed by atoms with van der Waals surface area (Å²) in [5, 5.41) is 10.8. The van der Waals surface area contributed by atoms with Gasteiger partial charge in [0.2, 0.25) is 5.91 Å². The summed E-state index contributed by atoms with van der Waals surface area (Å²) in [4.78, 5) is 20.0. The van der Waals surface area contributed by atoms with Crippen molar-refractivity contribution in [2.24, 2.45) is 5.92 Å². The molecule has 0 aromatic heterocycles. The van der Waals surface area contributed by atoms with E-state index in [2.05, 4.69) is 41.1 Å². The van der Waals surface area contributed by atoms with Crippen LogP contribution in [0.1, 0.15) is 44.2 Å². The number of benzene rings is 2. The second kappa shape index (κ2) is 9.63. The van der Waals surface area contributed by atoms with Crippen molar-refractivity contribution in [1.29, 1.82) is 0 Å². The van der Waals surface area contributed by atoms with Gasteiger partial charge in [-0.2, -0.15) is 0 Å². The fourth-order valence-corrected chi connectivity index (χ4v) is 5.10. The molecule has 5 nitrogen and oxygen atoms in total. The molecule has 0 saturated carbocycles. The third-order valence-electron chi connectivity index (χ3n) is 7.50. The predicted octanol–water partition coefficient (Wildman–Crippen LogP) is 4.04. The monoisotopic (exact) mass is 435 g/mol. The molecule has 32 heavy (non-hydrogen) atoms. The van der Waals surface area contributed by atoms with E-state index >= 15 is 0 Å². The van der Waals surface area contributed by atoms with Gasteiger partial charge >= 0.3 is 0 Å². The van der Waals surface area contributed by atoms with Crippen molar-refractivity contribution < 1.29 is 9.90 Å². The largest absolute Gasteiger partial charge is 0.385 e. The molecule has 0 aliphatic carbocycles. The Morgan fingerprint density at radius 2 is 1.59 bits per heavy atom. The molecule has 1 amide bonds. The van der Waals surface area contributed by atoms with Crippen LogP contribution in [0.15, 0.2) is 48.5 Å². The Bertz CT molecular complexity index is 915. The Hall–Kier alpha value is -2.37. The van der Waals surface area contributed by atoms with E-state index in [9.17, 15) is 9.90 Å². The average Bonchev–Trinajstić information content (AvgIpc) is 3.19. The quantitative estimate of drug-likeness (QED) is 0.713. The van der Waals surface area contributed by atoms with Gasteiger partial charge in [-0.05, 0) is 62.1 Å². The number of amides is 1. The van der Waals surface area contributed by atoms with E-state index in [1.54, 1.807) is 0 Å². The van der Waals surface area contributed by atoms with Gasteiger partial charge in [0, 0.05) is 50.0 Å². The summed E-state index contributed by atoms with van der Waals surface area (Å²) >= 11 is 0. The third kappa shape index (κ3) is 4.55. The fourth-order valence-electron chi connectivity index (χ4n) is 5.10. The van der Waals surface area contributed by atoms with Crippen molar-refractivity contribution >= 4 is 17.3 Å². The summed E-state index contributed by atoms with van der Waals surface area (Å²) in [6, 6.07) is 16.5. The van der Waals surface area contributed by atoms with E-state index in [-0.39, 0.29) is 11.8 Å². The van der Waals surface area contributed by atoms with Crippen LogP contribution in [-0.2, 0) is 16.8 Å². The Morgan fingerprint density at radius 1 is 0.938 bits per heavy atom. The zero-order valence-corrected chi connectivity index (χ0v) is 19.8. The number of carbonyl (C=O) groups excluding carboxylic acids is 1. The highest BCUT2D eigenvalue weighted by atomic mass is 16.3. The molecule has 2 aliphatic rings. The second-order valence-electron chi connectivity index (χ2n) is 9.38. The molecular formula is C27H37N3O2. The third-order valence-corrected chi connectivity index (χ3v) is 7.50. The van der Waals surface area contributed by atoms with Crippen LogP contribution >= 0.6 is 0 Å². The van der Waals surface area contributed by atoms with Crippen LogP contribution in [0.5, 0.6) is 0 Å². The molecule has 5 heteroatoms. The van der Waals surface area contributed by atoms with Gasteiger partial charge in [0.1, 0.15) is 0 Å². The van der Waals surface area contributed by atoms with E-state index in [1.807, 2.05) is 43.0 Å². The molecule has 0 bridgehead atoms. The topological polar surface area (TPSA) is 47.0 Å². The zero-order chi connectivity index (χ0) is 22.7. The van der Waals surface area contributed by atoms with Crippen LogP contribution in [0, 0.1) is 5.92 Å². The number of piperazine rings is 1. The van der Waals surface area contributed by atoms with Gasteiger partial charge in [-0.25, -0.2) is 0 Å². The number of rotatable bonds is 7. The smallest absolute Gasteiger partial charge is 0.230 e. The van der Waals surface area contributed by atoms with Crippen LogP contribution in [0.4, 0.5) is 11.4 Å². The number of hydrogen-bond donors (Lipinski definition) is 1. The van der Waals surface area contributed by atoms with Crippen LogP contribution in [0.25, 0.3) is 0 Å².